The van der Waals surface area contributed by atoms with Crippen LogP contribution < -0.4 is 5.32 Å². The third-order valence-electron chi connectivity index (χ3n) is 3.48. The third-order valence-corrected chi connectivity index (χ3v) is 4.95. The van der Waals surface area contributed by atoms with Gasteiger partial charge in [-0.15, -0.1) is 0 Å². The summed E-state index contributed by atoms with van der Waals surface area (Å²) in [7, 11) is 1.37. The Kier molecular flexibility index (Phi) is 5.63. The molecule has 1 N–H and O–H groups in total. The summed E-state index contributed by atoms with van der Waals surface area (Å²) in [4.78, 5) is 23.8. The van der Waals surface area contributed by atoms with Crippen molar-refractivity contribution in [2.45, 2.75) is 56.3 Å². The van der Waals surface area contributed by atoms with E-state index in [2.05, 4.69) is 21.2 Å². The molecule has 104 valence electrons. The van der Waals surface area contributed by atoms with E-state index in [1.165, 1.54) is 7.11 Å². The molecule has 18 heavy (non-hydrogen) atoms. The Labute approximate surface area is 117 Å². The molecule has 1 fully saturated rings. The molecule has 0 aliphatic heterocycles. The topological polar surface area (TPSA) is 55.4 Å². The van der Waals surface area contributed by atoms with E-state index in [9.17, 15) is 9.59 Å². The van der Waals surface area contributed by atoms with Crippen LogP contribution in [-0.4, -0.2) is 29.4 Å². The maximum atomic E-state index is 12.1. The van der Waals surface area contributed by atoms with Crippen LogP contribution in [0.3, 0.4) is 0 Å². The molecule has 0 spiro atoms. The minimum absolute atomic E-state index is 0.127. The van der Waals surface area contributed by atoms with Crippen molar-refractivity contribution >= 4 is 27.8 Å². The summed E-state index contributed by atoms with van der Waals surface area (Å²) in [6, 6.07) is 0. The second-order valence-electron chi connectivity index (χ2n) is 5.27. The maximum absolute atomic E-state index is 12.1. The van der Waals surface area contributed by atoms with Gasteiger partial charge in [-0.05, 0) is 18.8 Å². The van der Waals surface area contributed by atoms with E-state index in [1.807, 2.05) is 13.8 Å². The van der Waals surface area contributed by atoms with E-state index in [-0.39, 0.29) is 22.6 Å². The van der Waals surface area contributed by atoms with Crippen LogP contribution in [-0.2, 0) is 14.3 Å². The van der Waals surface area contributed by atoms with Crippen molar-refractivity contribution in [2.75, 3.05) is 7.11 Å². The van der Waals surface area contributed by atoms with E-state index in [4.69, 9.17) is 4.74 Å². The zero-order valence-electron chi connectivity index (χ0n) is 11.3. The smallest absolute Gasteiger partial charge is 0.331 e. The fraction of sp³-hybridized carbons (Fsp3) is 0.846. The summed E-state index contributed by atoms with van der Waals surface area (Å²) in [5, 5.41) is 2.90. The number of hydrogen-bond donors (Lipinski definition) is 1. The molecule has 4 nitrogen and oxygen atoms in total. The van der Waals surface area contributed by atoms with Crippen LogP contribution in [0.2, 0.25) is 0 Å². The van der Waals surface area contributed by atoms with Crippen molar-refractivity contribution in [3.8, 4) is 0 Å². The Morgan fingerprint density at radius 1 is 1.22 bits per heavy atom. The summed E-state index contributed by atoms with van der Waals surface area (Å²) in [5.74, 6) is -0.264. The molecule has 0 bridgehead atoms. The lowest BCUT2D eigenvalue weighted by atomic mass is 9.81. The Bertz CT molecular complexity index is 311. The molecule has 1 atom stereocenters. The van der Waals surface area contributed by atoms with Crippen molar-refractivity contribution in [1.29, 1.82) is 0 Å². The quantitative estimate of drug-likeness (QED) is 0.639. The van der Waals surface area contributed by atoms with Gasteiger partial charge in [-0.3, -0.25) is 4.79 Å². The second-order valence-corrected chi connectivity index (χ2v) is 6.26. The number of carbonyl (C=O) groups excluding carboxylic acids is 2. The van der Waals surface area contributed by atoms with Gasteiger partial charge in [0.1, 0.15) is 5.54 Å². The van der Waals surface area contributed by atoms with Crippen molar-refractivity contribution in [1.82, 2.24) is 5.32 Å². The Morgan fingerprint density at radius 2 is 1.78 bits per heavy atom. The molecule has 1 rings (SSSR count). The van der Waals surface area contributed by atoms with Crippen molar-refractivity contribution in [2.24, 2.45) is 5.92 Å². The number of esters is 1. The molecular formula is C13H22BrNO3. The first-order valence-corrected chi connectivity index (χ1v) is 7.39. The highest BCUT2D eigenvalue weighted by Crippen LogP contribution is 2.30. The first-order valence-electron chi connectivity index (χ1n) is 6.47. The zero-order chi connectivity index (χ0) is 13.8. The Morgan fingerprint density at radius 3 is 2.22 bits per heavy atom. The third kappa shape index (κ3) is 3.46. The summed E-state index contributed by atoms with van der Waals surface area (Å²) in [6.07, 6.45) is 4.34. The van der Waals surface area contributed by atoms with Gasteiger partial charge in [0.05, 0.1) is 11.9 Å². The van der Waals surface area contributed by atoms with E-state index in [1.54, 1.807) is 0 Å². The lowest BCUT2D eigenvalue weighted by molar-refractivity contribution is -0.152. The predicted octanol–water partition coefficient (Wildman–Crippen LogP) is 2.40. The van der Waals surface area contributed by atoms with Gasteiger partial charge in [-0.1, -0.05) is 49.0 Å². The zero-order valence-corrected chi connectivity index (χ0v) is 12.9. The minimum Gasteiger partial charge on any atom is -0.467 e. The SMILES string of the molecule is COC(=O)C1(NC(=O)C(Br)C(C)C)CCCCC1. The highest BCUT2D eigenvalue weighted by atomic mass is 79.9. The van der Waals surface area contributed by atoms with Crippen molar-refractivity contribution in [3.63, 3.8) is 0 Å². The molecule has 1 unspecified atom stereocenters. The van der Waals surface area contributed by atoms with Gasteiger partial charge in [0.15, 0.2) is 0 Å². The van der Waals surface area contributed by atoms with Crippen molar-refractivity contribution < 1.29 is 14.3 Å². The number of carbonyl (C=O) groups is 2. The summed E-state index contributed by atoms with van der Waals surface area (Å²) >= 11 is 3.37. The van der Waals surface area contributed by atoms with Crippen LogP contribution in [0.25, 0.3) is 0 Å². The fourth-order valence-corrected chi connectivity index (χ4v) is 2.45. The highest BCUT2D eigenvalue weighted by molar-refractivity contribution is 9.10. The lowest BCUT2D eigenvalue weighted by Crippen LogP contribution is -2.58. The first kappa shape index (κ1) is 15.5. The minimum atomic E-state index is -0.814. The highest BCUT2D eigenvalue weighted by Gasteiger charge is 2.42. The van der Waals surface area contributed by atoms with Gasteiger partial charge < -0.3 is 10.1 Å². The number of ether oxygens (including phenoxy) is 1. The molecule has 0 radical (unpaired) electrons. The number of alkyl halides is 1. The molecule has 1 aliphatic carbocycles. The molecule has 1 aliphatic rings. The Hall–Kier alpha value is -0.580. The lowest BCUT2D eigenvalue weighted by Gasteiger charge is -2.36. The molecule has 1 amide bonds. The number of hydrogen-bond acceptors (Lipinski definition) is 3. The largest absolute Gasteiger partial charge is 0.467 e. The molecule has 0 aromatic carbocycles. The number of halogens is 1. The van der Waals surface area contributed by atoms with Crippen LogP contribution >= 0.6 is 15.9 Å². The molecule has 1 saturated carbocycles. The summed E-state index contributed by atoms with van der Waals surface area (Å²) < 4.78 is 4.87. The normalized spacial score (nSPS) is 20.3. The van der Waals surface area contributed by atoms with Crippen LogP contribution in [0.1, 0.15) is 46.0 Å². The second kappa shape index (κ2) is 6.55. The monoisotopic (exact) mass is 319 g/mol. The van der Waals surface area contributed by atoms with E-state index >= 15 is 0 Å². The molecule has 5 heteroatoms. The maximum Gasteiger partial charge on any atom is 0.331 e. The van der Waals surface area contributed by atoms with Gasteiger partial charge in [0.2, 0.25) is 5.91 Å². The molecule has 0 heterocycles. The number of methoxy groups -OCH3 is 1. The van der Waals surface area contributed by atoms with Crippen LogP contribution in [0.15, 0.2) is 0 Å². The fourth-order valence-electron chi connectivity index (χ4n) is 2.34. The van der Waals surface area contributed by atoms with Gasteiger partial charge in [-0.2, -0.15) is 0 Å². The van der Waals surface area contributed by atoms with E-state index in [0.29, 0.717) is 12.8 Å². The Balaban J connectivity index is 2.79. The van der Waals surface area contributed by atoms with Gasteiger partial charge in [0.25, 0.3) is 0 Å². The summed E-state index contributed by atoms with van der Waals surface area (Å²) in [6.45, 7) is 3.93. The van der Waals surface area contributed by atoms with Gasteiger partial charge in [0, 0.05) is 0 Å². The van der Waals surface area contributed by atoms with Gasteiger partial charge >= 0.3 is 5.97 Å². The van der Waals surface area contributed by atoms with Crippen LogP contribution in [0.4, 0.5) is 0 Å². The van der Waals surface area contributed by atoms with Crippen LogP contribution in [0.5, 0.6) is 0 Å². The van der Waals surface area contributed by atoms with Crippen LogP contribution in [0, 0.1) is 5.92 Å². The van der Waals surface area contributed by atoms with Crippen molar-refractivity contribution in [3.05, 3.63) is 0 Å². The number of rotatable bonds is 4. The summed E-state index contributed by atoms with van der Waals surface area (Å²) in [5.41, 5.74) is -0.814. The molecule has 0 aromatic rings. The molecule has 0 saturated heterocycles. The van der Waals surface area contributed by atoms with Gasteiger partial charge in [-0.25, -0.2) is 4.79 Å². The average molecular weight is 320 g/mol. The number of amides is 1. The molecular weight excluding hydrogens is 298 g/mol. The van der Waals surface area contributed by atoms with E-state index in [0.717, 1.165) is 19.3 Å². The standard InChI is InChI=1S/C13H22BrNO3/c1-9(2)10(14)11(16)15-13(12(17)18-3)7-5-4-6-8-13/h9-10H,4-8H2,1-3H3,(H,15,16). The average Bonchev–Trinajstić information content (AvgIpc) is 2.37. The number of nitrogens with one attached hydrogen (secondary N) is 1. The molecule has 0 aromatic heterocycles. The van der Waals surface area contributed by atoms with E-state index < -0.39 is 5.54 Å². The first-order chi connectivity index (χ1) is 8.43. The predicted molar refractivity (Wildman–Crippen MR) is 73.5 cm³/mol.